The summed E-state index contributed by atoms with van der Waals surface area (Å²) in [5.74, 6) is 0.226. The minimum atomic E-state index is -0.238. The fraction of sp³-hybridized carbons (Fsp3) is 0.833. The number of nitrogens with zero attached hydrogens (tertiary/aromatic N) is 1. The monoisotopic (exact) mass is 229 g/mol. The number of amides is 1. The van der Waals surface area contributed by atoms with Crippen molar-refractivity contribution in [1.29, 1.82) is 0 Å². The van der Waals surface area contributed by atoms with E-state index in [-0.39, 0.29) is 18.3 Å². The lowest BCUT2D eigenvalue weighted by molar-refractivity contribution is -0.144. The predicted octanol–water partition coefficient (Wildman–Crippen LogP) is 1.83. The van der Waals surface area contributed by atoms with Gasteiger partial charge in [0.25, 0.3) is 0 Å². The zero-order chi connectivity index (χ0) is 12.6. The summed E-state index contributed by atoms with van der Waals surface area (Å²) in [5, 5.41) is 0. The second kappa shape index (κ2) is 8.13. The lowest BCUT2D eigenvalue weighted by Gasteiger charge is -2.21. The van der Waals surface area contributed by atoms with Crippen LogP contribution in [0.2, 0.25) is 0 Å². The highest BCUT2D eigenvalue weighted by atomic mass is 16.5. The van der Waals surface area contributed by atoms with Gasteiger partial charge in [0.1, 0.15) is 0 Å². The number of carbonyl (C=O) groups is 2. The molecule has 16 heavy (non-hydrogen) atoms. The third kappa shape index (κ3) is 6.43. The summed E-state index contributed by atoms with van der Waals surface area (Å²) in [7, 11) is 0. The molecule has 1 amide bonds. The molecule has 0 spiro atoms. The van der Waals surface area contributed by atoms with E-state index in [4.69, 9.17) is 4.74 Å². The van der Waals surface area contributed by atoms with Gasteiger partial charge in [-0.2, -0.15) is 0 Å². The van der Waals surface area contributed by atoms with Gasteiger partial charge in [0.05, 0.1) is 13.0 Å². The van der Waals surface area contributed by atoms with Crippen molar-refractivity contribution in [3.63, 3.8) is 0 Å². The van der Waals surface area contributed by atoms with Gasteiger partial charge in [0.15, 0.2) is 0 Å². The Hall–Kier alpha value is -1.06. The predicted molar refractivity (Wildman–Crippen MR) is 63.0 cm³/mol. The van der Waals surface area contributed by atoms with Gasteiger partial charge in [0.2, 0.25) is 5.91 Å². The molecule has 0 aromatic rings. The summed E-state index contributed by atoms with van der Waals surface area (Å²) in [6.45, 7) is 9.22. The number of carbonyl (C=O) groups excluding carboxylic acids is 2. The van der Waals surface area contributed by atoms with E-state index in [2.05, 4.69) is 0 Å². The van der Waals surface area contributed by atoms with E-state index in [1.165, 1.54) is 0 Å². The summed E-state index contributed by atoms with van der Waals surface area (Å²) in [6.07, 6.45) is 0.822. The van der Waals surface area contributed by atoms with E-state index >= 15 is 0 Å². The van der Waals surface area contributed by atoms with Crippen LogP contribution in [0.5, 0.6) is 0 Å². The van der Waals surface area contributed by atoms with Crippen LogP contribution in [0.4, 0.5) is 0 Å². The molecule has 0 saturated heterocycles. The Morgan fingerprint density at radius 1 is 1.25 bits per heavy atom. The zero-order valence-electron chi connectivity index (χ0n) is 10.8. The van der Waals surface area contributed by atoms with Gasteiger partial charge >= 0.3 is 5.97 Å². The Labute approximate surface area is 98.0 Å². The smallest absolute Gasteiger partial charge is 0.307 e. The van der Waals surface area contributed by atoms with Crippen molar-refractivity contribution in [3.05, 3.63) is 0 Å². The molecule has 0 fully saturated rings. The molecule has 0 aliphatic rings. The minimum Gasteiger partial charge on any atom is -0.466 e. The first-order valence-corrected chi connectivity index (χ1v) is 5.94. The summed E-state index contributed by atoms with van der Waals surface area (Å²) in [5.41, 5.74) is 0. The minimum absolute atomic E-state index is 0.113. The second-order valence-electron chi connectivity index (χ2n) is 4.13. The van der Waals surface area contributed by atoms with Crippen molar-refractivity contribution in [3.8, 4) is 0 Å². The zero-order valence-corrected chi connectivity index (χ0v) is 10.8. The number of ether oxygens (including phenoxy) is 1. The Balaban J connectivity index is 4.00. The highest BCUT2D eigenvalue weighted by molar-refractivity contribution is 5.77. The lowest BCUT2D eigenvalue weighted by atomic mass is 10.1. The summed E-state index contributed by atoms with van der Waals surface area (Å²) in [6, 6.07) is 0. The fourth-order valence-electron chi connectivity index (χ4n) is 1.40. The maximum Gasteiger partial charge on any atom is 0.307 e. The third-order valence-electron chi connectivity index (χ3n) is 2.21. The quantitative estimate of drug-likeness (QED) is 0.626. The average molecular weight is 229 g/mol. The molecule has 0 N–H and O–H groups in total. The van der Waals surface area contributed by atoms with Crippen molar-refractivity contribution in [1.82, 2.24) is 4.90 Å². The second-order valence-corrected chi connectivity index (χ2v) is 4.13. The number of hydrogen-bond donors (Lipinski definition) is 0. The first kappa shape index (κ1) is 14.9. The normalized spacial score (nSPS) is 10.3. The highest BCUT2D eigenvalue weighted by Crippen LogP contribution is 2.05. The van der Waals surface area contributed by atoms with Gasteiger partial charge in [-0.15, -0.1) is 0 Å². The van der Waals surface area contributed by atoms with Crippen LogP contribution < -0.4 is 0 Å². The highest BCUT2D eigenvalue weighted by Gasteiger charge is 2.14. The molecule has 0 saturated carbocycles. The van der Waals surface area contributed by atoms with Crippen molar-refractivity contribution in [2.45, 2.75) is 40.5 Å². The molecule has 0 aromatic heterocycles. The van der Waals surface area contributed by atoms with Crippen LogP contribution in [0.25, 0.3) is 0 Å². The maximum atomic E-state index is 11.7. The molecule has 94 valence electrons. The molecule has 0 radical (unpaired) electrons. The van der Waals surface area contributed by atoms with Gasteiger partial charge in [-0.3, -0.25) is 9.59 Å². The van der Waals surface area contributed by atoms with E-state index in [0.29, 0.717) is 32.0 Å². The molecule has 0 bridgehead atoms. The summed E-state index contributed by atoms with van der Waals surface area (Å²) >= 11 is 0. The topological polar surface area (TPSA) is 46.6 Å². The van der Waals surface area contributed by atoms with Gasteiger partial charge in [-0.1, -0.05) is 13.8 Å². The van der Waals surface area contributed by atoms with Crippen LogP contribution in [-0.2, 0) is 14.3 Å². The van der Waals surface area contributed by atoms with E-state index < -0.39 is 0 Å². The van der Waals surface area contributed by atoms with Crippen LogP contribution in [0.15, 0.2) is 0 Å². The van der Waals surface area contributed by atoms with Crippen molar-refractivity contribution in [2.24, 2.45) is 5.92 Å². The Morgan fingerprint density at radius 3 is 2.31 bits per heavy atom. The first-order chi connectivity index (χ1) is 7.51. The average Bonchev–Trinajstić information content (AvgIpc) is 2.17. The molecule has 4 heteroatoms. The number of esters is 1. The van der Waals surface area contributed by atoms with Crippen LogP contribution in [0.3, 0.4) is 0 Å². The molecule has 0 rings (SSSR count). The molecular weight excluding hydrogens is 206 g/mol. The van der Waals surface area contributed by atoms with E-state index in [9.17, 15) is 9.59 Å². The van der Waals surface area contributed by atoms with Crippen molar-refractivity contribution in [2.75, 3.05) is 19.7 Å². The number of rotatable bonds is 7. The molecule has 4 nitrogen and oxygen atoms in total. The van der Waals surface area contributed by atoms with Crippen molar-refractivity contribution < 1.29 is 14.3 Å². The van der Waals surface area contributed by atoms with Crippen LogP contribution in [-0.4, -0.2) is 36.5 Å². The van der Waals surface area contributed by atoms with Crippen LogP contribution >= 0.6 is 0 Å². The largest absolute Gasteiger partial charge is 0.466 e. The fourth-order valence-corrected chi connectivity index (χ4v) is 1.40. The molecule has 0 unspecified atom stereocenters. The molecular formula is C12H23NO3. The Bertz CT molecular complexity index is 226. The van der Waals surface area contributed by atoms with Crippen LogP contribution in [0, 0.1) is 5.92 Å². The van der Waals surface area contributed by atoms with E-state index in [0.717, 1.165) is 0 Å². The molecule has 0 heterocycles. The molecule has 0 aliphatic heterocycles. The lowest BCUT2D eigenvalue weighted by Crippen LogP contribution is -2.33. The third-order valence-corrected chi connectivity index (χ3v) is 2.21. The summed E-state index contributed by atoms with van der Waals surface area (Å²) < 4.78 is 4.82. The maximum absolute atomic E-state index is 11.7. The van der Waals surface area contributed by atoms with Gasteiger partial charge in [-0.25, -0.2) is 0 Å². The van der Waals surface area contributed by atoms with Crippen molar-refractivity contribution >= 4 is 11.9 Å². The van der Waals surface area contributed by atoms with Gasteiger partial charge < -0.3 is 9.64 Å². The van der Waals surface area contributed by atoms with Gasteiger partial charge in [-0.05, 0) is 19.8 Å². The Morgan fingerprint density at radius 2 is 1.88 bits per heavy atom. The Kier molecular flexibility index (Phi) is 7.60. The first-order valence-electron chi connectivity index (χ1n) is 5.94. The van der Waals surface area contributed by atoms with Gasteiger partial charge in [0, 0.05) is 19.5 Å². The molecule has 0 aromatic carbocycles. The van der Waals surface area contributed by atoms with Crippen LogP contribution in [0.1, 0.15) is 40.5 Å². The summed E-state index contributed by atoms with van der Waals surface area (Å²) in [4.78, 5) is 24.6. The molecule has 0 aliphatic carbocycles. The van der Waals surface area contributed by atoms with E-state index in [1.54, 1.807) is 11.8 Å². The standard InChI is InChI=1S/C12H23NO3/c1-5-13(11(14)9-10(3)4)8-7-12(15)16-6-2/h10H,5-9H2,1-4H3. The SMILES string of the molecule is CCOC(=O)CCN(CC)C(=O)CC(C)C. The number of hydrogen-bond acceptors (Lipinski definition) is 3. The molecule has 0 atom stereocenters. The van der Waals surface area contributed by atoms with E-state index in [1.807, 2.05) is 20.8 Å².